The molecule has 5 heteroatoms. The molecule has 2 rings (SSSR count). The molecule has 0 aromatic rings. The number of nitrogens with two attached hydrogens (primary N) is 1. The fourth-order valence-electron chi connectivity index (χ4n) is 3.17. The van der Waals surface area contributed by atoms with Crippen molar-refractivity contribution < 1.29 is 9.53 Å². The highest BCUT2D eigenvalue weighted by Crippen LogP contribution is 2.26. The summed E-state index contributed by atoms with van der Waals surface area (Å²) < 4.78 is 4.99. The monoisotopic (exact) mass is 255 g/mol. The van der Waals surface area contributed by atoms with Gasteiger partial charge in [0.25, 0.3) is 0 Å². The van der Waals surface area contributed by atoms with E-state index >= 15 is 0 Å². The van der Waals surface area contributed by atoms with Crippen LogP contribution in [0.1, 0.15) is 26.2 Å². The van der Waals surface area contributed by atoms with Crippen LogP contribution in [-0.2, 0) is 9.53 Å². The van der Waals surface area contributed by atoms with Gasteiger partial charge in [-0.05, 0) is 25.8 Å². The van der Waals surface area contributed by atoms with Gasteiger partial charge in [-0.25, -0.2) is 0 Å². The standard InChI is InChI=1S/C13H25N3O2/c1-3-10-7-15-6-4-5-11(15)8-16(10)13(17)12(14)9-18-2/h10-12H,3-9,14H2,1-2H3. The van der Waals surface area contributed by atoms with Crippen LogP contribution in [0.4, 0.5) is 0 Å². The molecular weight excluding hydrogens is 230 g/mol. The number of ether oxygens (including phenoxy) is 1. The van der Waals surface area contributed by atoms with E-state index < -0.39 is 6.04 Å². The fraction of sp³-hybridized carbons (Fsp3) is 0.923. The normalized spacial score (nSPS) is 30.3. The molecule has 0 aromatic heterocycles. The second-order valence-corrected chi connectivity index (χ2v) is 5.41. The Labute approximate surface area is 109 Å². The second kappa shape index (κ2) is 5.99. The molecule has 2 fully saturated rings. The lowest BCUT2D eigenvalue weighted by Gasteiger charge is -2.44. The van der Waals surface area contributed by atoms with Crippen molar-refractivity contribution in [3.05, 3.63) is 0 Å². The van der Waals surface area contributed by atoms with Crippen LogP contribution in [0.25, 0.3) is 0 Å². The third-order valence-corrected chi connectivity index (χ3v) is 4.21. The predicted molar refractivity (Wildman–Crippen MR) is 70.2 cm³/mol. The molecule has 0 radical (unpaired) electrons. The minimum absolute atomic E-state index is 0.0512. The van der Waals surface area contributed by atoms with Gasteiger partial charge in [0.1, 0.15) is 6.04 Å². The van der Waals surface area contributed by atoms with Gasteiger partial charge in [-0.2, -0.15) is 0 Å². The molecule has 2 N–H and O–H groups in total. The summed E-state index contributed by atoms with van der Waals surface area (Å²) in [4.78, 5) is 16.9. The molecule has 18 heavy (non-hydrogen) atoms. The van der Waals surface area contributed by atoms with Crippen molar-refractivity contribution in [2.75, 3.05) is 33.4 Å². The zero-order valence-electron chi connectivity index (χ0n) is 11.5. The number of carbonyl (C=O) groups is 1. The minimum Gasteiger partial charge on any atom is -0.383 e. The van der Waals surface area contributed by atoms with Crippen LogP contribution in [0.3, 0.4) is 0 Å². The number of rotatable bonds is 4. The van der Waals surface area contributed by atoms with Gasteiger partial charge in [0.2, 0.25) is 5.91 Å². The summed E-state index contributed by atoms with van der Waals surface area (Å²) in [5, 5.41) is 0. The Morgan fingerprint density at radius 2 is 2.28 bits per heavy atom. The van der Waals surface area contributed by atoms with Crippen LogP contribution in [0.5, 0.6) is 0 Å². The van der Waals surface area contributed by atoms with Crippen molar-refractivity contribution in [2.45, 2.75) is 44.3 Å². The van der Waals surface area contributed by atoms with Gasteiger partial charge in [-0.1, -0.05) is 6.92 Å². The lowest BCUT2D eigenvalue weighted by Crippen LogP contribution is -2.61. The predicted octanol–water partition coefficient (Wildman–Crippen LogP) is 0.0453. The Bertz CT molecular complexity index is 298. The van der Waals surface area contributed by atoms with Crippen molar-refractivity contribution in [1.29, 1.82) is 0 Å². The van der Waals surface area contributed by atoms with Gasteiger partial charge in [0, 0.05) is 32.3 Å². The number of nitrogens with zero attached hydrogens (tertiary/aromatic N) is 2. The number of piperazine rings is 1. The molecule has 0 aromatic carbocycles. The van der Waals surface area contributed by atoms with Gasteiger partial charge in [0.15, 0.2) is 0 Å². The summed E-state index contributed by atoms with van der Waals surface area (Å²) in [5.74, 6) is 0.0512. The Kier molecular flexibility index (Phi) is 4.59. The van der Waals surface area contributed by atoms with E-state index in [9.17, 15) is 4.79 Å². The number of fused-ring (bicyclic) bond motifs is 1. The molecule has 3 atom stereocenters. The maximum atomic E-state index is 12.3. The summed E-state index contributed by atoms with van der Waals surface area (Å²) in [6, 6.07) is 0.346. The van der Waals surface area contributed by atoms with Crippen molar-refractivity contribution in [3.63, 3.8) is 0 Å². The average molecular weight is 255 g/mol. The third kappa shape index (κ3) is 2.68. The maximum Gasteiger partial charge on any atom is 0.242 e. The first kappa shape index (κ1) is 13.8. The SMILES string of the molecule is CCC1CN2CCCC2CN1C(=O)C(N)COC. The summed E-state index contributed by atoms with van der Waals surface area (Å²) in [7, 11) is 1.58. The van der Waals surface area contributed by atoms with E-state index in [1.165, 1.54) is 19.4 Å². The van der Waals surface area contributed by atoms with E-state index in [1.54, 1.807) is 7.11 Å². The van der Waals surface area contributed by atoms with Gasteiger partial charge in [-0.3, -0.25) is 9.69 Å². The number of hydrogen-bond donors (Lipinski definition) is 1. The van der Waals surface area contributed by atoms with Crippen molar-refractivity contribution in [2.24, 2.45) is 5.73 Å². The fourth-order valence-corrected chi connectivity index (χ4v) is 3.17. The topological polar surface area (TPSA) is 58.8 Å². The Morgan fingerprint density at radius 3 is 2.94 bits per heavy atom. The van der Waals surface area contributed by atoms with E-state index in [0.717, 1.165) is 19.5 Å². The molecule has 0 aliphatic carbocycles. The van der Waals surface area contributed by atoms with E-state index in [1.807, 2.05) is 4.90 Å². The molecule has 2 saturated heterocycles. The van der Waals surface area contributed by atoms with Gasteiger partial charge in [-0.15, -0.1) is 0 Å². The molecule has 0 bridgehead atoms. The van der Waals surface area contributed by atoms with E-state index in [4.69, 9.17) is 10.5 Å². The van der Waals surface area contributed by atoms with Gasteiger partial charge >= 0.3 is 0 Å². The second-order valence-electron chi connectivity index (χ2n) is 5.41. The number of hydrogen-bond acceptors (Lipinski definition) is 4. The molecule has 2 aliphatic rings. The zero-order chi connectivity index (χ0) is 13.1. The molecule has 3 unspecified atom stereocenters. The van der Waals surface area contributed by atoms with Gasteiger partial charge in [0.05, 0.1) is 6.61 Å². The number of carbonyl (C=O) groups excluding carboxylic acids is 1. The quantitative estimate of drug-likeness (QED) is 0.771. The van der Waals surface area contributed by atoms with E-state index in [2.05, 4.69) is 11.8 Å². The van der Waals surface area contributed by atoms with Gasteiger partial charge < -0.3 is 15.4 Å². The smallest absolute Gasteiger partial charge is 0.242 e. The maximum absolute atomic E-state index is 12.3. The minimum atomic E-state index is -0.517. The van der Waals surface area contributed by atoms with E-state index in [-0.39, 0.29) is 5.91 Å². The largest absolute Gasteiger partial charge is 0.383 e. The molecular formula is C13H25N3O2. The molecule has 2 aliphatic heterocycles. The first-order valence-electron chi connectivity index (χ1n) is 6.96. The Hall–Kier alpha value is -0.650. The zero-order valence-corrected chi connectivity index (χ0v) is 11.5. The lowest BCUT2D eigenvalue weighted by atomic mass is 10.0. The van der Waals surface area contributed by atoms with Crippen LogP contribution < -0.4 is 5.73 Å². The lowest BCUT2D eigenvalue weighted by molar-refractivity contribution is -0.140. The Balaban J connectivity index is 2.02. The van der Waals surface area contributed by atoms with E-state index in [0.29, 0.717) is 18.7 Å². The van der Waals surface area contributed by atoms with Crippen LogP contribution in [-0.4, -0.2) is 67.2 Å². The molecule has 5 nitrogen and oxygen atoms in total. The number of methoxy groups -OCH3 is 1. The molecule has 104 valence electrons. The Morgan fingerprint density at radius 1 is 1.50 bits per heavy atom. The first-order chi connectivity index (χ1) is 8.67. The van der Waals surface area contributed by atoms with Crippen molar-refractivity contribution in [3.8, 4) is 0 Å². The first-order valence-corrected chi connectivity index (χ1v) is 6.96. The average Bonchev–Trinajstić information content (AvgIpc) is 2.83. The molecule has 0 spiro atoms. The highest BCUT2D eigenvalue weighted by atomic mass is 16.5. The van der Waals surface area contributed by atoms with Crippen LogP contribution in [0.2, 0.25) is 0 Å². The summed E-state index contributed by atoms with van der Waals surface area (Å²) in [5.41, 5.74) is 5.88. The highest BCUT2D eigenvalue weighted by Gasteiger charge is 2.38. The van der Waals surface area contributed by atoms with Crippen LogP contribution >= 0.6 is 0 Å². The molecule has 2 heterocycles. The molecule has 0 saturated carbocycles. The van der Waals surface area contributed by atoms with Crippen LogP contribution in [0, 0.1) is 0 Å². The summed E-state index contributed by atoms with van der Waals surface area (Å²) >= 11 is 0. The molecule has 1 amide bonds. The summed E-state index contributed by atoms with van der Waals surface area (Å²) in [6.07, 6.45) is 3.46. The third-order valence-electron chi connectivity index (χ3n) is 4.21. The highest BCUT2D eigenvalue weighted by molar-refractivity contribution is 5.82. The number of amides is 1. The summed E-state index contributed by atoms with van der Waals surface area (Å²) in [6.45, 7) is 5.48. The van der Waals surface area contributed by atoms with Crippen molar-refractivity contribution in [1.82, 2.24) is 9.80 Å². The van der Waals surface area contributed by atoms with Crippen molar-refractivity contribution >= 4 is 5.91 Å². The van der Waals surface area contributed by atoms with Crippen LogP contribution in [0.15, 0.2) is 0 Å².